The van der Waals surface area contributed by atoms with Gasteiger partial charge < -0.3 is 5.43 Å². The van der Waals surface area contributed by atoms with Gasteiger partial charge in [0.1, 0.15) is 10.7 Å². The van der Waals surface area contributed by atoms with Crippen LogP contribution < -0.4 is 11.3 Å². The lowest BCUT2D eigenvalue weighted by molar-refractivity contribution is 0.315. The van der Waals surface area contributed by atoms with Gasteiger partial charge in [-0.15, -0.1) is 5.10 Å². The standard InChI is InChI=1S/C10H14N6S/c1-16(6-8-3-2-4-12-5-8)7-9-10(13-11)17-15-14-9/h2-5,13H,6-7,11H2,1H3. The summed E-state index contributed by atoms with van der Waals surface area (Å²) in [4.78, 5) is 6.22. The van der Waals surface area contributed by atoms with Crippen molar-refractivity contribution in [1.82, 2.24) is 19.5 Å². The minimum absolute atomic E-state index is 0.699. The van der Waals surface area contributed by atoms with Gasteiger partial charge in [0.15, 0.2) is 0 Å². The maximum Gasteiger partial charge on any atom is 0.148 e. The molecule has 0 aromatic carbocycles. The lowest BCUT2D eigenvalue weighted by Crippen LogP contribution is -2.19. The summed E-state index contributed by atoms with van der Waals surface area (Å²) in [5.41, 5.74) is 4.63. The van der Waals surface area contributed by atoms with Crippen LogP contribution >= 0.6 is 11.5 Å². The van der Waals surface area contributed by atoms with E-state index >= 15 is 0 Å². The van der Waals surface area contributed by atoms with Crippen LogP contribution in [0, 0.1) is 0 Å². The van der Waals surface area contributed by atoms with Crippen molar-refractivity contribution < 1.29 is 0 Å². The van der Waals surface area contributed by atoms with E-state index in [4.69, 9.17) is 5.84 Å². The van der Waals surface area contributed by atoms with Crippen molar-refractivity contribution in [3.63, 3.8) is 0 Å². The highest BCUT2D eigenvalue weighted by atomic mass is 32.1. The van der Waals surface area contributed by atoms with E-state index in [1.807, 2.05) is 25.4 Å². The van der Waals surface area contributed by atoms with Gasteiger partial charge in [-0.1, -0.05) is 10.6 Å². The normalized spacial score (nSPS) is 10.8. The molecule has 0 aliphatic heterocycles. The van der Waals surface area contributed by atoms with Crippen molar-refractivity contribution in [2.24, 2.45) is 5.84 Å². The molecule has 2 aromatic heterocycles. The maximum atomic E-state index is 5.38. The van der Waals surface area contributed by atoms with Crippen LogP contribution in [0.3, 0.4) is 0 Å². The number of nitrogens with zero attached hydrogens (tertiary/aromatic N) is 4. The van der Waals surface area contributed by atoms with Gasteiger partial charge in [0.05, 0.1) is 0 Å². The molecule has 3 N–H and O–H groups in total. The van der Waals surface area contributed by atoms with Crippen molar-refractivity contribution in [2.45, 2.75) is 13.1 Å². The Labute approximate surface area is 104 Å². The summed E-state index contributed by atoms with van der Waals surface area (Å²) in [6, 6.07) is 3.98. The first-order valence-corrected chi connectivity index (χ1v) is 5.92. The van der Waals surface area contributed by atoms with E-state index in [0.29, 0.717) is 6.54 Å². The predicted molar refractivity (Wildman–Crippen MR) is 67.1 cm³/mol. The molecule has 0 aliphatic carbocycles. The first-order valence-electron chi connectivity index (χ1n) is 5.15. The van der Waals surface area contributed by atoms with E-state index in [0.717, 1.165) is 17.2 Å². The van der Waals surface area contributed by atoms with E-state index in [1.165, 1.54) is 17.1 Å². The van der Waals surface area contributed by atoms with Gasteiger partial charge in [-0.25, -0.2) is 5.84 Å². The van der Waals surface area contributed by atoms with Gasteiger partial charge in [0, 0.05) is 37.0 Å². The lowest BCUT2D eigenvalue weighted by Gasteiger charge is -2.15. The van der Waals surface area contributed by atoms with Crippen molar-refractivity contribution in [3.05, 3.63) is 35.8 Å². The third kappa shape index (κ3) is 3.19. The minimum atomic E-state index is 0.699. The Morgan fingerprint density at radius 2 is 2.35 bits per heavy atom. The molecule has 0 saturated heterocycles. The summed E-state index contributed by atoms with van der Waals surface area (Å²) in [5.74, 6) is 5.38. The van der Waals surface area contributed by atoms with Gasteiger partial charge in [0.2, 0.25) is 0 Å². The van der Waals surface area contributed by atoms with Crippen LogP contribution in [0.15, 0.2) is 24.5 Å². The van der Waals surface area contributed by atoms with Crippen LogP contribution in [-0.4, -0.2) is 26.5 Å². The van der Waals surface area contributed by atoms with Gasteiger partial charge in [-0.3, -0.25) is 9.88 Å². The lowest BCUT2D eigenvalue weighted by atomic mass is 10.2. The van der Waals surface area contributed by atoms with Crippen LogP contribution in [0.2, 0.25) is 0 Å². The van der Waals surface area contributed by atoms with Crippen LogP contribution in [0.1, 0.15) is 11.3 Å². The number of hydrogen-bond donors (Lipinski definition) is 2. The van der Waals surface area contributed by atoms with Crippen LogP contribution in [-0.2, 0) is 13.1 Å². The second-order valence-electron chi connectivity index (χ2n) is 3.73. The maximum absolute atomic E-state index is 5.38. The summed E-state index contributed by atoms with van der Waals surface area (Å²) in [6.07, 6.45) is 3.63. The summed E-state index contributed by atoms with van der Waals surface area (Å²) < 4.78 is 3.86. The topological polar surface area (TPSA) is 80.0 Å². The number of rotatable bonds is 5. The highest BCUT2D eigenvalue weighted by molar-refractivity contribution is 7.10. The highest BCUT2D eigenvalue weighted by Crippen LogP contribution is 2.17. The summed E-state index contributed by atoms with van der Waals surface area (Å²) in [5, 5.41) is 4.85. The van der Waals surface area contributed by atoms with Crippen LogP contribution in [0.4, 0.5) is 5.00 Å². The van der Waals surface area contributed by atoms with Gasteiger partial charge in [0.25, 0.3) is 0 Å². The number of nitrogens with one attached hydrogen (secondary N) is 1. The molecule has 17 heavy (non-hydrogen) atoms. The Morgan fingerprint density at radius 3 is 3.06 bits per heavy atom. The van der Waals surface area contributed by atoms with E-state index in [9.17, 15) is 0 Å². The molecule has 0 atom stereocenters. The molecule has 2 heterocycles. The highest BCUT2D eigenvalue weighted by Gasteiger charge is 2.09. The fourth-order valence-corrected chi connectivity index (χ4v) is 2.02. The van der Waals surface area contributed by atoms with E-state index in [2.05, 4.69) is 24.9 Å². The zero-order valence-corrected chi connectivity index (χ0v) is 10.3. The molecule has 0 saturated carbocycles. The molecular formula is C10H14N6S. The number of nitrogens with two attached hydrogens (primary N) is 1. The number of pyridine rings is 1. The zero-order chi connectivity index (χ0) is 12.1. The minimum Gasteiger partial charge on any atom is -0.313 e. The second-order valence-corrected chi connectivity index (χ2v) is 4.48. The largest absolute Gasteiger partial charge is 0.313 e. The van der Waals surface area contributed by atoms with Crippen LogP contribution in [0.5, 0.6) is 0 Å². The molecule has 0 radical (unpaired) electrons. The van der Waals surface area contributed by atoms with Crippen LogP contribution in [0.25, 0.3) is 0 Å². The molecule has 0 spiro atoms. The van der Waals surface area contributed by atoms with E-state index < -0.39 is 0 Å². The number of hydrogen-bond acceptors (Lipinski definition) is 7. The smallest absolute Gasteiger partial charge is 0.148 e. The van der Waals surface area contributed by atoms with Gasteiger partial charge in [-0.2, -0.15) is 0 Å². The average Bonchev–Trinajstić information content (AvgIpc) is 2.77. The van der Waals surface area contributed by atoms with E-state index in [-0.39, 0.29) is 0 Å². The van der Waals surface area contributed by atoms with Crippen molar-refractivity contribution in [2.75, 3.05) is 12.5 Å². The number of aromatic nitrogens is 3. The third-order valence-electron chi connectivity index (χ3n) is 2.28. The van der Waals surface area contributed by atoms with Crippen molar-refractivity contribution in [3.8, 4) is 0 Å². The molecule has 6 nitrogen and oxygen atoms in total. The fraction of sp³-hybridized carbons (Fsp3) is 0.300. The SMILES string of the molecule is CN(Cc1cccnc1)Cc1nnsc1NN. The zero-order valence-electron chi connectivity index (χ0n) is 9.50. The van der Waals surface area contributed by atoms with Crippen molar-refractivity contribution >= 4 is 16.5 Å². The Hall–Kier alpha value is -1.57. The Balaban J connectivity index is 1.96. The Morgan fingerprint density at radius 1 is 1.47 bits per heavy atom. The summed E-state index contributed by atoms with van der Waals surface area (Å²) in [6.45, 7) is 1.51. The molecule has 2 aromatic rings. The second kappa shape index (κ2) is 5.67. The first-order chi connectivity index (χ1) is 8.29. The predicted octanol–water partition coefficient (Wildman–Crippen LogP) is 0.851. The summed E-state index contributed by atoms with van der Waals surface area (Å²) in [7, 11) is 2.02. The first kappa shape index (κ1) is 11.9. The molecule has 2 rings (SSSR count). The molecule has 90 valence electrons. The van der Waals surface area contributed by atoms with Gasteiger partial charge >= 0.3 is 0 Å². The van der Waals surface area contributed by atoms with E-state index in [1.54, 1.807) is 6.20 Å². The number of nitrogen functional groups attached to an aromatic ring is 1. The molecule has 0 unspecified atom stereocenters. The summed E-state index contributed by atoms with van der Waals surface area (Å²) >= 11 is 1.26. The van der Waals surface area contributed by atoms with Crippen molar-refractivity contribution in [1.29, 1.82) is 0 Å². The molecule has 0 aliphatic rings. The molecular weight excluding hydrogens is 236 g/mol. The fourth-order valence-electron chi connectivity index (χ4n) is 1.54. The quantitative estimate of drug-likeness (QED) is 0.605. The molecule has 0 bridgehead atoms. The molecule has 7 heteroatoms. The molecule has 0 fully saturated rings. The monoisotopic (exact) mass is 250 g/mol. The Kier molecular flexibility index (Phi) is 3.97. The molecule has 0 amide bonds. The third-order valence-corrected chi connectivity index (χ3v) is 2.98. The number of hydrazine groups is 1. The van der Waals surface area contributed by atoms with Gasteiger partial charge in [-0.05, 0) is 18.7 Å². The average molecular weight is 250 g/mol. The Bertz CT molecular complexity index is 457. The number of anilines is 1.